The minimum Gasteiger partial charge on any atom is -0.399 e. The van der Waals surface area contributed by atoms with Crippen LogP contribution in [0.25, 0.3) is 0 Å². The first kappa shape index (κ1) is 26.8. The molecule has 0 aromatic heterocycles. The van der Waals surface area contributed by atoms with E-state index in [9.17, 15) is 0 Å². The highest BCUT2D eigenvalue weighted by molar-refractivity contribution is 5.29. The summed E-state index contributed by atoms with van der Waals surface area (Å²) in [4.78, 5) is 0. The lowest BCUT2D eigenvalue weighted by Crippen LogP contribution is -2.12. The van der Waals surface area contributed by atoms with Crippen molar-refractivity contribution in [3.8, 4) is 0 Å². The molecule has 0 bridgehead atoms. The zero-order valence-corrected chi connectivity index (χ0v) is 16.8. The summed E-state index contributed by atoms with van der Waals surface area (Å²) < 4.78 is 0. The second kappa shape index (κ2) is 15.8. The van der Waals surface area contributed by atoms with Gasteiger partial charge in [0.05, 0.1) is 0 Å². The quantitative estimate of drug-likeness (QED) is 0.656. The Bertz CT molecular complexity index is 335. The summed E-state index contributed by atoms with van der Waals surface area (Å²) in [7, 11) is 0. The molecular formula is C20H43N3. The van der Waals surface area contributed by atoms with Gasteiger partial charge in [-0.1, -0.05) is 46.8 Å². The summed E-state index contributed by atoms with van der Waals surface area (Å²) >= 11 is 0. The van der Waals surface area contributed by atoms with Gasteiger partial charge in [0.1, 0.15) is 0 Å². The number of hydrogen-bond acceptors (Lipinski definition) is 3. The Balaban J connectivity index is -0.000000304. The summed E-state index contributed by atoms with van der Waals surface area (Å²) in [6.07, 6.45) is 5.11. The molecule has 23 heavy (non-hydrogen) atoms. The van der Waals surface area contributed by atoms with Crippen molar-refractivity contribution >= 4 is 0 Å². The number of hydrogen-bond donors (Lipinski definition) is 3. The van der Waals surface area contributed by atoms with Crippen LogP contribution in [0.3, 0.4) is 0 Å². The molecule has 0 spiro atoms. The van der Waals surface area contributed by atoms with E-state index < -0.39 is 0 Å². The molecule has 6 N–H and O–H groups in total. The summed E-state index contributed by atoms with van der Waals surface area (Å²) in [5.74, 6) is 0.772. The maximum atomic E-state index is 5.88. The summed E-state index contributed by atoms with van der Waals surface area (Å²) in [6.45, 7) is 23.5. The molecule has 3 nitrogen and oxygen atoms in total. The molecule has 0 saturated heterocycles. The van der Waals surface area contributed by atoms with E-state index in [2.05, 4.69) is 33.9 Å². The molecule has 0 aromatic rings. The van der Waals surface area contributed by atoms with E-state index in [4.69, 9.17) is 17.2 Å². The van der Waals surface area contributed by atoms with Gasteiger partial charge in [0.15, 0.2) is 0 Å². The fraction of sp³-hybridized carbons (Fsp3) is 0.700. The number of allylic oxidation sites excluding steroid dienone is 3. The first-order valence-corrected chi connectivity index (χ1v) is 8.76. The van der Waals surface area contributed by atoms with Crippen molar-refractivity contribution in [1.29, 1.82) is 0 Å². The molecule has 0 aromatic carbocycles. The Morgan fingerprint density at radius 1 is 1.22 bits per heavy atom. The molecule has 3 heteroatoms. The predicted molar refractivity (Wildman–Crippen MR) is 108 cm³/mol. The predicted octanol–water partition coefficient (Wildman–Crippen LogP) is 4.74. The highest BCUT2D eigenvalue weighted by atomic mass is 14.6. The standard InChI is InChI=1S/C11H19N.C4H8.C3H10N2.C2H6/c1-5-10(12)9-6-8(2)7-11(9,3)4;1-4(2)3;4-2-1-3-5;1-2/h5,8H,1,6-7,12H2,2-4H3;1H2,2-3H3;1-5H2;1-2H3/b10-9-;;;. The molecule has 0 aliphatic heterocycles. The highest BCUT2D eigenvalue weighted by Crippen LogP contribution is 2.46. The van der Waals surface area contributed by atoms with E-state index in [1.165, 1.54) is 17.6 Å². The highest BCUT2D eigenvalue weighted by Gasteiger charge is 2.34. The fourth-order valence-corrected chi connectivity index (χ4v) is 2.44. The van der Waals surface area contributed by atoms with Crippen LogP contribution < -0.4 is 17.2 Å². The first-order chi connectivity index (χ1) is 10.6. The van der Waals surface area contributed by atoms with Gasteiger partial charge >= 0.3 is 0 Å². The van der Waals surface area contributed by atoms with Gasteiger partial charge in [-0.05, 0) is 69.2 Å². The van der Waals surface area contributed by atoms with Crippen LogP contribution in [0.15, 0.2) is 36.1 Å². The van der Waals surface area contributed by atoms with Gasteiger partial charge in [-0.25, -0.2) is 0 Å². The fourth-order valence-electron chi connectivity index (χ4n) is 2.44. The SMILES string of the molecule is C=C(C)C.C=C/C(N)=C1\CC(C)CC1(C)C.CC.NCCCN. The van der Waals surface area contributed by atoms with Gasteiger partial charge in [0.25, 0.3) is 0 Å². The monoisotopic (exact) mass is 325 g/mol. The average Bonchev–Trinajstić information content (AvgIpc) is 2.74. The molecule has 1 aliphatic carbocycles. The van der Waals surface area contributed by atoms with E-state index in [0.29, 0.717) is 0 Å². The minimum absolute atomic E-state index is 0.289. The Hall–Kier alpha value is -1.06. The Morgan fingerprint density at radius 3 is 1.78 bits per heavy atom. The van der Waals surface area contributed by atoms with Crippen LogP contribution in [0.2, 0.25) is 0 Å². The largest absolute Gasteiger partial charge is 0.399 e. The maximum absolute atomic E-state index is 5.88. The topological polar surface area (TPSA) is 78.1 Å². The average molecular weight is 326 g/mol. The van der Waals surface area contributed by atoms with E-state index in [1.54, 1.807) is 6.08 Å². The van der Waals surface area contributed by atoms with Crippen LogP contribution in [0.1, 0.15) is 67.7 Å². The van der Waals surface area contributed by atoms with Crippen LogP contribution in [-0.4, -0.2) is 13.1 Å². The van der Waals surface area contributed by atoms with Gasteiger partial charge in [0.2, 0.25) is 0 Å². The van der Waals surface area contributed by atoms with Crippen molar-refractivity contribution in [3.63, 3.8) is 0 Å². The molecular weight excluding hydrogens is 282 g/mol. The summed E-state index contributed by atoms with van der Waals surface area (Å²) in [5.41, 5.74) is 19.7. The molecule has 1 saturated carbocycles. The van der Waals surface area contributed by atoms with Crippen molar-refractivity contribution in [2.45, 2.75) is 67.7 Å². The Kier molecular flexibility index (Phi) is 18.4. The van der Waals surface area contributed by atoms with Gasteiger partial charge < -0.3 is 17.2 Å². The molecule has 138 valence electrons. The number of rotatable bonds is 3. The zero-order chi connectivity index (χ0) is 19.1. The van der Waals surface area contributed by atoms with Crippen molar-refractivity contribution < 1.29 is 0 Å². The van der Waals surface area contributed by atoms with Gasteiger partial charge in [0, 0.05) is 5.70 Å². The van der Waals surface area contributed by atoms with Crippen molar-refractivity contribution in [2.75, 3.05) is 13.1 Å². The molecule has 1 atom stereocenters. The lowest BCUT2D eigenvalue weighted by Gasteiger charge is -2.20. The molecule has 1 unspecified atom stereocenters. The lowest BCUT2D eigenvalue weighted by molar-refractivity contribution is 0.418. The van der Waals surface area contributed by atoms with E-state index in [1.807, 2.05) is 27.7 Å². The number of nitrogens with two attached hydrogens (primary N) is 3. The molecule has 0 radical (unpaired) electrons. The third-order valence-electron chi connectivity index (χ3n) is 3.20. The summed E-state index contributed by atoms with van der Waals surface area (Å²) in [5, 5.41) is 0. The lowest BCUT2D eigenvalue weighted by atomic mass is 9.85. The van der Waals surface area contributed by atoms with E-state index >= 15 is 0 Å². The third-order valence-corrected chi connectivity index (χ3v) is 3.20. The van der Waals surface area contributed by atoms with Crippen LogP contribution >= 0.6 is 0 Å². The van der Waals surface area contributed by atoms with Gasteiger partial charge in [-0.3, -0.25) is 0 Å². The second-order valence-corrected chi connectivity index (χ2v) is 6.67. The van der Waals surface area contributed by atoms with E-state index in [-0.39, 0.29) is 5.41 Å². The molecule has 0 heterocycles. The Morgan fingerprint density at radius 2 is 1.61 bits per heavy atom. The molecule has 1 fully saturated rings. The van der Waals surface area contributed by atoms with Crippen molar-refractivity contribution in [1.82, 2.24) is 0 Å². The molecule has 1 rings (SSSR count). The maximum Gasteiger partial charge on any atom is 0.0305 e. The van der Waals surface area contributed by atoms with Gasteiger partial charge in [-0.2, -0.15) is 0 Å². The van der Waals surface area contributed by atoms with Crippen LogP contribution in [0.5, 0.6) is 0 Å². The second-order valence-electron chi connectivity index (χ2n) is 6.67. The smallest absolute Gasteiger partial charge is 0.0305 e. The molecule has 0 amide bonds. The normalized spacial score (nSPS) is 19.8. The van der Waals surface area contributed by atoms with Crippen LogP contribution in [0.4, 0.5) is 0 Å². The molecule has 1 aliphatic rings. The first-order valence-electron chi connectivity index (χ1n) is 8.76. The van der Waals surface area contributed by atoms with Gasteiger partial charge in [-0.15, -0.1) is 6.58 Å². The Labute approximate surface area is 146 Å². The zero-order valence-electron chi connectivity index (χ0n) is 16.8. The van der Waals surface area contributed by atoms with Crippen molar-refractivity contribution in [3.05, 3.63) is 36.1 Å². The van der Waals surface area contributed by atoms with Crippen LogP contribution in [0, 0.1) is 11.3 Å². The van der Waals surface area contributed by atoms with Crippen LogP contribution in [-0.2, 0) is 0 Å². The summed E-state index contributed by atoms with van der Waals surface area (Å²) in [6, 6.07) is 0. The van der Waals surface area contributed by atoms with E-state index in [0.717, 1.165) is 37.5 Å². The minimum atomic E-state index is 0.289. The third kappa shape index (κ3) is 15.6. The van der Waals surface area contributed by atoms with Crippen molar-refractivity contribution in [2.24, 2.45) is 28.5 Å².